The second-order valence-corrected chi connectivity index (χ2v) is 6.78. The molecule has 120 valence electrons. The Bertz CT molecular complexity index is 756. The predicted molar refractivity (Wildman–Crippen MR) is 88.4 cm³/mol. The van der Waals surface area contributed by atoms with Crippen LogP contribution in [0.15, 0.2) is 30.5 Å². The molecule has 2 aromatic rings. The van der Waals surface area contributed by atoms with E-state index in [1.807, 2.05) is 0 Å². The summed E-state index contributed by atoms with van der Waals surface area (Å²) in [5.74, 6) is 0.627. The molecule has 2 N–H and O–H groups in total. The fourth-order valence-electron chi connectivity index (χ4n) is 4.23. The molecule has 1 saturated heterocycles. The van der Waals surface area contributed by atoms with Gasteiger partial charge in [0.2, 0.25) is 0 Å². The third-order valence-corrected chi connectivity index (χ3v) is 5.51. The number of benzene rings is 1. The number of nitrogens with two attached hydrogens (primary N) is 1. The fraction of sp³-hybridized carbons (Fsp3) is 0.444. The highest BCUT2D eigenvalue weighted by atomic mass is 16.1. The zero-order chi connectivity index (χ0) is 16.0. The molecular weight excluding hydrogens is 288 g/mol. The molecule has 0 bridgehead atoms. The average molecular weight is 310 g/mol. The number of primary amides is 1. The smallest absolute Gasteiger partial charge is 0.266 e. The molecule has 1 aromatic carbocycles. The Morgan fingerprint density at radius 3 is 2.70 bits per heavy atom. The summed E-state index contributed by atoms with van der Waals surface area (Å²) in [5.41, 5.74) is 8.76. The molecule has 2 aliphatic rings. The molecule has 2 aliphatic heterocycles. The van der Waals surface area contributed by atoms with Crippen LogP contribution in [0.1, 0.15) is 40.3 Å². The van der Waals surface area contributed by atoms with Gasteiger partial charge in [-0.05, 0) is 50.5 Å². The number of piperidine rings is 1. The van der Waals surface area contributed by atoms with Crippen LogP contribution in [0.4, 0.5) is 0 Å². The van der Waals surface area contributed by atoms with E-state index in [1.54, 1.807) is 6.20 Å². The summed E-state index contributed by atoms with van der Waals surface area (Å²) in [6.45, 7) is 2.84. The Labute approximate surface area is 136 Å². The van der Waals surface area contributed by atoms with E-state index in [0.717, 1.165) is 44.7 Å². The van der Waals surface area contributed by atoms with Gasteiger partial charge in [0.1, 0.15) is 11.5 Å². The van der Waals surface area contributed by atoms with E-state index in [9.17, 15) is 4.79 Å². The van der Waals surface area contributed by atoms with Crippen molar-refractivity contribution in [1.82, 2.24) is 14.5 Å². The van der Waals surface area contributed by atoms with Crippen LogP contribution in [-0.2, 0) is 18.4 Å². The molecule has 1 aromatic heterocycles. The topological polar surface area (TPSA) is 64.2 Å². The van der Waals surface area contributed by atoms with Gasteiger partial charge in [-0.2, -0.15) is 0 Å². The molecule has 0 aliphatic carbocycles. The first-order chi connectivity index (χ1) is 11.1. The van der Waals surface area contributed by atoms with Crippen LogP contribution in [0.2, 0.25) is 0 Å². The van der Waals surface area contributed by atoms with Crippen molar-refractivity contribution in [2.75, 3.05) is 20.1 Å². The van der Waals surface area contributed by atoms with Crippen molar-refractivity contribution < 1.29 is 4.79 Å². The van der Waals surface area contributed by atoms with Gasteiger partial charge >= 0.3 is 0 Å². The number of hydrogen-bond donors (Lipinski definition) is 1. The van der Waals surface area contributed by atoms with Crippen LogP contribution >= 0.6 is 0 Å². The molecule has 0 atom stereocenters. The van der Waals surface area contributed by atoms with Gasteiger partial charge in [0.25, 0.3) is 5.91 Å². The Kier molecular flexibility index (Phi) is 3.27. The van der Waals surface area contributed by atoms with Crippen LogP contribution < -0.4 is 5.73 Å². The zero-order valence-corrected chi connectivity index (χ0v) is 13.5. The first-order valence-corrected chi connectivity index (χ1v) is 8.24. The van der Waals surface area contributed by atoms with Gasteiger partial charge in [0.15, 0.2) is 0 Å². The van der Waals surface area contributed by atoms with Crippen LogP contribution in [0.5, 0.6) is 0 Å². The number of rotatable bonds is 1. The summed E-state index contributed by atoms with van der Waals surface area (Å²) in [5, 5.41) is 0. The van der Waals surface area contributed by atoms with Gasteiger partial charge in [-0.1, -0.05) is 24.3 Å². The lowest BCUT2D eigenvalue weighted by atomic mass is 9.70. The van der Waals surface area contributed by atoms with Crippen LogP contribution in [0.3, 0.4) is 0 Å². The zero-order valence-electron chi connectivity index (χ0n) is 13.5. The Balaban J connectivity index is 1.94. The molecule has 5 heteroatoms. The minimum absolute atomic E-state index is 0.104. The van der Waals surface area contributed by atoms with E-state index >= 15 is 0 Å². The molecule has 23 heavy (non-hydrogen) atoms. The fourth-order valence-corrected chi connectivity index (χ4v) is 4.23. The summed E-state index contributed by atoms with van der Waals surface area (Å²) in [6, 6.07) is 8.68. The van der Waals surface area contributed by atoms with Crippen LogP contribution in [0, 0.1) is 0 Å². The van der Waals surface area contributed by atoms with Crippen LogP contribution in [-0.4, -0.2) is 40.5 Å². The highest BCUT2D eigenvalue weighted by Crippen LogP contribution is 2.44. The van der Waals surface area contributed by atoms with E-state index in [4.69, 9.17) is 5.73 Å². The highest BCUT2D eigenvalue weighted by Gasteiger charge is 2.43. The monoisotopic (exact) mass is 310 g/mol. The quantitative estimate of drug-likeness (QED) is 0.869. The minimum Gasteiger partial charge on any atom is -0.364 e. The number of carbonyl (C=O) groups is 1. The molecule has 0 unspecified atom stereocenters. The first-order valence-electron chi connectivity index (χ1n) is 8.24. The molecule has 5 nitrogen and oxygen atoms in total. The summed E-state index contributed by atoms with van der Waals surface area (Å²) in [6.07, 6.45) is 4.62. The summed E-state index contributed by atoms with van der Waals surface area (Å²) >= 11 is 0. The summed E-state index contributed by atoms with van der Waals surface area (Å²) in [7, 11) is 2.16. The third kappa shape index (κ3) is 2.10. The standard InChI is InChI=1S/C18H22N4O/c1-21-10-7-18(8-11-21)14-5-3-2-4-13(14)6-9-22-15(16(19)23)12-20-17(18)22/h2-5,12H,6-11H2,1H3,(H2,19,23). The number of amides is 1. The molecule has 0 radical (unpaired) electrons. The molecule has 1 amide bonds. The molecule has 1 fully saturated rings. The number of hydrogen-bond acceptors (Lipinski definition) is 3. The second-order valence-electron chi connectivity index (χ2n) is 6.78. The van der Waals surface area contributed by atoms with E-state index in [2.05, 4.69) is 45.8 Å². The largest absolute Gasteiger partial charge is 0.364 e. The Morgan fingerprint density at radius 1 is 1.22 bits per heavy atom. The van der Waals surface area contributed by atoms with Gasteiger partial charge in [-0.15, -0.1) is 0 Å². The Hall–Kier alpha value is -2.14. The summed E-state index contributed by atoms with van der Waals surface area (Å²) in [4.78, 5) is 18.8. The molecular formula is C18H22N4O. The maximum absolute atomic E-state index is 11.8. The lowest BCUT2D eigenvalue weighted by molar-refractivity contribution is 0.0990. The highest BCUT2D eigenvalue weighted by molar-refractivity contribution is 5.91. The number of likely N-dealkylation sites (tertiary alicyclic amines) is 1. The Morgan fingerprint density at radius 2 is 1.96 bits per heavy atom. The number of aryl methyl sites for hydroxylation is 1. The molecule has 3 heterocycles. The van der Waals surface area contributed by atoms with Gasteiger partial charge in [0.05, 0.1) is 11.6 Å². The van der Waals surface area contributed by atoms with E-state index < -0.39 is 5.91 Å². The van der Waals surface area contributed by atoms with E-state index in [0.29, 0.717) is 5.69 Å². The number of aromatic nitrogens is 2. The number of fused-ring (bicyclic) bond motifs is 4. The van der Waals surface area contributed by atoms with Gasteiger partial charge in [0, 0.05) is 6.54 Å². The number of carbonyl (C=O) groups excluding carboxylic acids is 1. The third-order valence-electron chi connectivity index (χ3n) is 5.51. The van der Waals surface area contributed by atoms with Crippen molar-refractivity contribution >= 4 is 5.91 Å². The first kappa shape index (κ1) is 14.5. The van der Waals surface area contributed by atoms with Crippen molar-refractivity contribution in [3.63, 3.8) is 0 Å². The predicted octanol–water partition coefficient (Wildman–Crippen LogP) is 1.55. The number of imidazole rings is 1. The van der Waals surface area contributed by atoms with Crippen molar-refractivity contribution in [2.45, 2.75) is 31.2 Å². The van der Waals surface area contributed by atoms with Crippen molar-refractivity contribution in [3.8, 4) is 0 Å². The molecule has 1 spiro atoms. The molecule has 0 saturated carbocycles. The minimum atomic E-state index is -0.391. The van der Waals surface area contributed by atoms with E-state index in [-0.39, 0.29) is 5.41 Å². The van der Waals surface area contributed by atoms with Crippen LogP contribution in [0.25, 0.3) is 0 Å². The average Bonchev–Trinajstić information content (AvgIpc) is 2.94. The van der Waals surface area contributed by atoms with Crippen molar-refractivity contribution in [2.24, 2.45) is 5.73 Å². The van der Waals surface area contributed by atoms with Gasteiger partial charge < -0.3 is 15.2 Å². The van der Waals surface area contributed by atoms with Gasteiger partial charge in [-0.25, -0.2) is 4.98 Å². The lowest BCUT2D eigenvalue weighted by Crippen LogP contribution is -2.43. The maximum atomic E-state index is 11.8. The normalized spacial score (nSPS) is 19.9. The number of nitrogens with zero attached hydrogens (tertiary/aromatic N) is 3. The maximum Gasteiger partial charge on any atom is 0.266 e. The van der Waals surface area contributed by atoms with Crippen molar-refractivity contribution in [3.05, 3.63) is 53.1 Å². The second kappa shape index (κ2) is 5.20. The summed E-state index contributed by atoms with van der Waals surface area (Å²) < 4.78 is 2.06. The SMILES string of the molecule is CN1CCC2(CC1)c1ccccc1CCn1c(C(N)=O)cnc12. The molecule has 4 rings (SSSR count). The van der Waals surface area contributed by atoms with Gasteiger partial charge in [-0.3, -0.25) is 4.79 Å². The van der Waals surface area contributed by atoms with Crippen molar-refractivity contribution in [1.29, 1.82) is 0 Å². The van der Waals surface area contributed by atoms with E-state index in [1.165, 1.54) is 11.1 Å². The lowest BCUT2D eigenvalue weighted by Gasteiger charge is -2.40.